The topological polar surface area (TPSA) is 117 Å². The second-order valence-corrected chi connectivity index (χ2v) is 4.21. The van der Waals surface area contributed by atoms with E-state index in [9.17, 15) is 9.59 Å². The summed E-state index contributed by atoms with van der Waals surface area (Å²) in [6.45, 7) is 1.28. The summed E-state index contributed by atoms with van der Waals surface area (Å²) in [5, 5.41) is 11.3. The number of nitrogens with two attached hydrogens (primary N) is 1. The Labute approximate surface area is 113 Å². The summed E-state index contributed by atoms with van der Waals surface area (Å²) in [6, 6.07) is 0. The highest BCUT2D eigenvalue weighted by molar-refractivity contribution is 5.75. The highest BCUT2D eigenvalue weighted by atomic mass is 16.4. The first-order valence-electron chi connectivity index (χ1n) is 6.59. The minimum Gasteiger partial charge on any atom is -0.481 e. The van der Waals surface area contributed by atoms with Crippen molar-refractivity contribution in [2.45, 2.75) is 44.9 Å². The molecular weight excluding hydrogens is 248 g/mol. The molecule has 7 nitrogen and oxygen atoms in total. The van der Waals surface area contributed by atoms with Crippen molar-refractivity contribution in [2.75, 3.05) is 13.1 Å². The van der Waals surface area contributed by atoms with Crippen molar-refractivity contribution in [1.82, 2.24) is 10.7 Å². The molecule has 0 aliphatic rings. The Morgan fingerprint density at radius 1 is 1.11 bits per heavy atom. The number of hydrazine groups is 1. The van der Waals surface area contributed by atoms with Crippen LogP contribution in [0.2, 0.25) is 0 Å². The number of carboxylic acid groups (broad SMARTS) is 1. The SMILES string of the molecule is NNC=NCCCCC(=O)NCCCCCC(=O)O. The van der Waals surface area contributed by atoms with Crippen LogP contribution >= 0.6 is 0 Å². The van der Waals surface area contributed by atoms with Crippen molar-refractivity contribution in [3.05, 3.63) is 0 Å². The van der Waals surface area contributed by atoms with Crippen LogP contribution in [-0.2, 0) is 9.59 Å². The lowest BCUT2D eigenvalue weighted by Gasteiger charge is -2.04. The summed E-state index contributed by atoms with van der Waals surface area (Å²) in [5.41, 5.74) is 2.31. The van der Waals surface area contributed by atoms with Crippen LogP contribution < -0.4 is 16.6 Å². The Hall–Kier alpha value is -1.63. The van der Waals surface area contributed by atoms with E-state index in [1.165, 1.54) is 6.34 Å². The van der Waals surface area contributed by atoms with Crippen LogP contribution in [-0.4, -0.2) is 36.4 Å². The third kappa shape index (κ3) is 14.3. The number of nitrogens with one attached hydrogen (secondary N) is 2. The van der Waals surface area contributed by atoms with Crippen LogP contribution in [0.25, 0.3) is 0 Å². The fourth-order valence-electron chi connectivity index (χ4n) is 1.50. The number of hydrogen-bond acceptors (Lipinski definition) is 4. The van der Waals surface area contributed by atoms with Gasteiger partial charge in [-0.15, -0.1) is 0 Å². The molecule has 19 heavy (non-hydrogen) atoms. The molecule has 0 aliphatic carbocycles. The molecular formula is C12H24N4O3. The van der Waals surface area contributed by atoms with Gasteiger partial charge in [-0.05, 0) is 25.7 Å². The summed E-state index contributed by atoms with van der Waals surface area (Å²) < 4.78 is 0. The van der Waals surface area contributed by atoms with Crippen LogP contribution in [0.1, 0.15) is 44.9 Å². The summed E-state index contributed by atoms with van der Waals surface area (Å²) in [4.78, 5) is 25.6. The second kappa shape index (κ2) is 12.8. The number of amides is 1. The van der Waals surface area contributed by atoms with Gasteiger partial charge in [0, 0.05) is 25.9 Å². The first-order chi connectivity index (χ1) is 9.16. The number of aliphatic imine (C=N–C) groups is 1. The Morgan fingerprint density at radius 3 is 2.53 bits per heavy atom. The number of carbonyl (C=O) groups excluding carboxylic acids is 1. The van der Waals surface area contributed by atoms with Gasteiger partial charge < -0.3 is 15.8 Å². The van der Waals surface area contributed by atoms with Crippen molar-refractivity contribution in [3.8, 4) is 0 Å². The highest BCUT2D eigenvalue weighted by Gasteiger charge is 2.00. The van der Waals surface area contributed by atoms with Gasteiger partial charge in [0.05, 0.1) is 6.34 Å². The molecule has 110 valence electrons. The second-order valence-electron chi connectivity index (χ2n) is 4.21. The van der Waals surface area contributed by atoms with Gasteiger partial charge >= 0.3 is 5.97 Å². The highest BCUT2D eigenvalue weighted by Crippen LogP contribution is 1.99. The molecule has 0 spiro atoms. The maximum absolute atomic E-state index is 11.4. The quantitative estimate of drug-likeness (QED) is 0.135. The molecule has 0 unspecified atom stereocenters. The average Bonchev–Trinajstić information content (AvgIpc) is 2.37. The third-order valence-corrected chi connectivity index (χ3v) is 2.50. The normalized spacial score (nSPS) is 10.6. The third-order valence-electron chi connectivity index (χ3n) is 2.50. The molecule has 0 rings (SSSR count). The van der Waals surface area contributed by atoms with Gasteiger partial charge in [-0.3, -0.25) is 14.6 Å². The van der Waals surface area contributed by atoms with Gasteiger partial charge in [0.15, 0.2) is 0 Å². The number of carbonyl (C=O) groups is 2. The molecule has 0 saturated heterocycles. The number of aliphatic carboxylic acids is 1. The van der Waals surface area contributed by atoms with Gasteiger partial charge in [-0.1, -0.05) is 6.42 Å². The molecule has 0 heterocycles. The number of unbranched alkanes of at least 4 members (excludes halogenated alkanes) is 3. The van der Waals surface area contributed by atoms with E-state index in [1.807, 2.05) is 0 Å². The van der Waals surface area contributed by atoms with E-state index in [4.69, 9.17) is 10.9 Å². The zero-order valence-corrected chi connectivity index (χ0v) is 11.2. The zero-order chi connectivity index (χ0) is 14.3. The minimum absolute atomic E-state index is 0.0409. The van der Waals surface area contributed by atoms with E-state index in [2.05, 4.69) is 15.7 Å². The summed E-state index contributed by atoms with van der Waals surface area (Å²) in [7, 11) is 0. The number of hydrogen-bond donors (Lipinski definition) is 4. The molecule has 7 heteroatoms. The fraction of sp³-hybridized carbons (Fsp3) is 0.750. The maximum atomic E-state index is 11.4. The number of rotatable bonds is 12. The number of nitrogens with zero attached hydrogens (tertiary/aromatic N) is 1. The molecule has 0 aliphatic heterocycles. The Bertz CT molecular complexity index is 282. The lowest BCUT2D eigenvalue weighted by Crippen LogP contribution is -2.24. The van der Waals surface area contributed by atoms with Gasteiger partial charge in [0.25, 0.3) is 0 Å². The van der Waals surface area contributed by atoms with Crippen molar-refractivity contribution in [3.63, 3.8) is 0 Å². The largest absolute Gasteiger partial charge is 0.481 e. The molecule has 0 fully saturated rings. The van der Waals surface area contributed by atoms with E-state index in [0.717, 1.165) is 25.7 Å². The van der Waals surface area contributed by atoms with E-state index in [1.54, 1.807) is 0 Å². The van der Waals surface area contributed by atoms with Crippen molar-refractivity contribution in [2.24, 2.45) is 10.8 Å². The van der Waals surface area contributed by atoms with Crippen LogP contribution in [0.4, 0.5) is 0 Å². The molecule has 0 aromatic heterocycles. The van der Waals surface area contributed by atoms with Gasteiger partial charge in [-0.2, -0.15) is 0 Å². The number of carboxylic acids is 1. The molecule has 0 bridgehead atoms. The molecule has 5 N–H and O–H groups in total. The maximum Gasteiger partial charge on any atom is 0.303 e. The molecule has 0 saturated carbocycles. The minimum atomic E-state index is -0.767. The van der Waals surface area contributed by atoms with Gasteiger partial charge in [0.2, 0.25) is 5.91 Å². The van der Waals surface area contributed by atoms with E-state index < -0.39 is 5.97 Å². The molecule has 0 aromatic rings. The van der Waals surface area contributed by atoms with Crippen LogP contribution in [0.5, 0.6) is 0 Å². The van der Waals surface area contributed by atoms with Crippen molar-refractivity contribution >= 4 is 18.2 Å². The standard InChI is InChI=1S/C12H24N4O3/c13-16-10-14-8-5-3-6-11(17)15-9-4-1-2-7-12(18)19/h10H,1-9,13H2,(H,14,16)(H,15,17)(H,18,19). The molecule has 0 aromatic carbocycles. The van der Waals surface area contributed by atoms with E-state index in [-0.39, 0.29) is 12.3 Å². The zero-order valence-electron chi connectivity index (χ0n) is 11.2. The first kappa shape index (κ1) is 17.4. The predicted octanol–water partition coefficient (Wildman–Crippen LogP) is 0.409. The average molecular weight is 272 g/mol. The molecule has 1 amide bonds. The smallest absolute Gasteiger partial charge is 0.303 e. The Morgan fingerprint density at radius 2 is 1.84 bits per heavy atom. The summed E-state index contributed by atoms with van der Waals surface area (Å²) in [6.07, 6.45) is 6.10. The monoisotopic (exact) mass is 272 g/mol. The first-order valence-corrected chi connectivity index (χ1v) is 6.59. The summed E-state index contributed by atoms with van der Waals surface area (Å²) >= 11 is 0. The lowest BCUT2D eigenvalue weighted by atomic mass is 10.2. The van der Waals surface area contributed by atoms with Crippen LogP contribution in [0.3, 0.4) is 0 Å². The van der Waals surface area contributed by atoms with Crippen molar-refractivity contribution in [1.29, 1.82) is 0 Å². The Kier molecular flexibility index (Phi) is 11.7. The summed E-state index contributed by atoms with van der Waals surface area (Å²) in [5.74, 6) is 4.28. The van der Waals surface area contributed by atoms with Crippen LogP contribution in [0.15, 0.2) is 4.99 Å². The lowest BCUT2D eigenvalue weighted by molar-refractivity contribution is -0.137. The van der Waals surface area contributed by atoms with Gasteiger partial charge in [0.1, 0.15) is 0 Å². The molecule has 0 radical (unpaired) electrons. The van der Waals surface area contributed by atoms with E-state index >= 15 is 0 Å². The Balaban J connectivity index is 3.25. The van der Waals surface area contributed by atoms with Crippen LogP contribution in [0, 0.1) is 0 Å². The van der Waals surface area contributed by atoms with Crippen molar-refractivity contribution < 1.29 is 14.7 Å². The fourth-order valence-corrected chi connectivity index (χ4v) is 1.50. The predicted molar refractivity (Wildman–Crippen MR) is 73.6 cm³/mol. The van der Waals surface area contributed by atoms with Gasteiger partial charge in [-0.25, -0.2) is 5.84 Å². The molecule has 0 atom stereocenters. The van der Waals surface area contributed by atoms with E-state index in [0.29, 0.717) is 25.9 Å².